The van der Waals surface area contributed by atoms with Gasteiger partial charge in [-0.1, -0.05) is 0 Å². The average molecular weight is 346 g/mol. The smallest absolute Gasteiger partial charge is 0.203 e. The Morgan fingerprint density at radius 1 is 0.857 bits per heavy atom. The lowest BCUT2D eigenvalue weighted by molar-refractivity contribution is -0.169. The van der Waals surface area contributed by atoms with Gasteiger partial charge in [0.1, 0.15) is 0 Å². The molecule has 0 aromatic rings. The van der Waals surface area contributed by atoms with Crippen molar-refractivity contribution in [3.05, 3.63) is 20.6 Å². The van der Waals surface area contributed by atoms with E-state index in [0.717, 1.165) is 0 Å². The van der Waals surface area contributed by atoms with Gasteiger partial charge >= 0.3 is 11.8 Å². The lowest BCUT2D eigenvalue weighted by Crippen LogP contribution is -2.44. The quantitative estimate of drug-likeness (QED) is 0.570. The van der Waals surface area contributed by atoms with Gasteiger partial charge in [0, 0.05) is 0 Å². The van der Waals surface area contributed by atoms with Gasteiger partial charge in [-0.05, 0) is 31.9 Å². The van der Waals surface area contributed by atoms with E-state index in [9.17, 15) is 26.3 Å². The summed E-state index contributed by atoms with van der Waals surface area (Å²) < 4.78 is 73.1. The van der Waals surface area contributed by atoms with Crippen LogP contribution in [0.1, 0.15) is 0 Å². The number of halogens is 8. The van der Waals surface area contributed by atoms with E-state index in [0.29, 0.717) is 0 Å². The molecule has 0 fully saturated rings. The predicted molar refractivity (Wildman–Crippen MR) is 44.0 cm³/mol. The van der Waals surface area contributed by atoms with Gasteiger partial charge in [-0.25, -0.2) is 8.78 Å². The third-order valence-corrected chi connectivity index (χ3v) is 3.69. The van der Waals surface area contributed by atoms with Crippen molar-refractivity contribution in [2.24, 2.45) is 0 Å². The molecule has 0 spiro atoms. The maximum atomic E-state index is 12.7. The van der Waals surface area contributed by atoms with Gasteiger partial charge in [0.2, 0.25) is 5.83 Å². The lowest BCUT2D eigenvalue weighted by atomic mass is 10.0. The molecule has 0 aromatic carbocycles. The number of allylic oxidation sites excluding steroid dienone is 4. The molecule has 0 saturated heterocycles. The fraction of sp³-hybridized carbons (Fsp3) is 0.333. The van der Waals surface area contributed by atoms with Crippen molar-refractivity contribution < 1.29 is 26.3 Å². The molecule has 0 heterocycles. The van der Waals surface area contributed by atoms with Crippen LogP contribution in [-0.4, -0.2) is 11.8 Å². The van der Waals surface area contributed by atoms with Gasteiger partial charge in [-0.3, -0.25) is 0 Å². The molecule has 1 aliphatic rings. The van der Waals surface area contributed by atoms with E-state index in [1.54, 1.807) is 0 Å². The van der Waals surface area contributed by atoms with Crippen molar-refractivity contribution in [2.45, 2.75) is 11.8 Å². The molecule has 0 radical (unpaired) electrons. The summed E-state index contributed by atoms with van der Waals surface area (Å²) in [7, 11) is 0. The SMILES string of the molecule is FC1=C(F)C(F)(F)C(F)(F)C(Br)=C1Br. The first-order valence-electron chi connectivity index (χ1n) is 3.01. The Morgan fingerprint density at radius 2 is 1.29 bits per heavy atom. The van der Waals surface area contributed by atoms with Crippen LogP contribution in [0, 0.1) is 0 Å². The minimum atomic E-state index is -5.17. The molecule has 8 heteroatoms. The van der Waals surface area contributed by atoms with E-state index < -0.39 is 32.5 Å². The number of rotatable bonds is 0. The Labute approximate surface area is 90.9 Å². The molecule has 0 aliphatic heterocycles. The third-order valence-electron chi connectivity index (χ3n) is 1.52. The van der Waals surface area contributed by atoms with Gasteiger partial charge < -0.3 is 0 Å². The van der Waals surface area contributed by atoms with Crippen molar-refractivity contribution in [1.29, 1.82) is 0 Å². The van der Waals surface area contributed by atoms with E-state index in [4.69, 9.17) is 0 Å². The summed E-state index contributed by atoms with van der Waals surface area (Å²) in [6, 6.07) is 0. The lowest BCUT2D eigenvalue weighted by Gasteiger charge is -2.29. The molecule has 1 aliphatic carbocycles. The van der Waals surface area contributed by atoms with E-state index in [2.05, 4.69) is 31.9 Å². The van der Waals surface area contributed by atoms with E-state index in [1.165, 1.54) is 0 Å². The molecule has 14 heavy (non-hydrogen) atoms. The molecule has 0 aromatic heterocycles. The van der Waals surface area contributed by atoms with Gasteiger partial charge in [-0.2, -0.15) is 17.6 Å². The zero-order valence-corrected chi connectivity index (χ0v) is 9.20. The van der Waals surface area contributed by atoms with Crippen LogP contribution in [0.3, 0.4) is 0 Å². The second-order valence-electron chi connectivity index (χ2n) is 2.40. The predicted octanol–water partition coefficient (Wildman–Crippen LogP) is 4.42. The zero-order chi connectivity index (χ0) is 11.3. The molecule has 0 nitrogen and oxygen atoms in total. The van der Waals surface area contributed by atoms with Crippen molar-refractivity contribution in [3.63, 3.8) is 0 Å². The highest BCUT2D eigenvalue weighted by Crippen LogP contribution is 2.55. The molecule has 0 saturated carbocycles. The van der Waals surface area contributed by atoms with E-state index in [1.807, 2.05) is 0 Å². The monoisotopic (exact) mass is 344 g/mol. The molecular formula is C6Br2F6. The Bertz CT molecular complexity index is 308. The summed E-state index contributed by atoms with van der Waals surface area (Å²) in [5.74, 6) is -14.8. The fourth-order valence-corrected chi connectivity index (χ4v) is 1.59. The van der Waals surface area contributed by atoms with Gasteiger partial charge in [-0.15, -0.1) is 0 Å². The Hall–Kier alpha value is 0.0200. The van der Waals surface area contributed by atoms with Gasteiger partial charge in [0.25, 0.3) is 0 Å². The number of hydrogen-bond donors (Lipinski definition) is 0. The standard InChI is InChI=1S/C6Br2F6/c7-1-2(9)4(10)6(13,14)5(11,12)3(1)8. The molecule has 0 atom stereocenters. The fourth-order valence-electron chi connectivity index (χ4n) is 0.744. The maximum absolute atomic E-state index is 12.7. The van der Waals surface area contributed by atoms with Crippen LogP contribution in [0.15, 0.2) is 20.6 Å². The van der Waals surface area contributed by atoms with Crippen LogP contribution in [0.5, 0.6) is 0 Å². The highest BCUT2D eigenvalue weighted by Gasteiger charge is 2.66. The Balaban J connectivity index is 3.48. The summed E-state index contributed by atoms with van der Waals surface area (Å²) in [6.07, 6.45) is 0. The molecule has 0 N–H and O–H groups in total. The number of hydrogen-bond acceptors (Lipinski definition) is 0. The second-order valence-corrected chi connectivity index (χ2v) is 3.99. The molecule has 0 bridgehead atoms. The molecule has 1 rings (SSSR count). The molecule has 0 unspecified atom stereocenters. The Morgan fingerprint density at radius 3 is 1.71 bits per heavy atom. The van der Waals surface area contributed by atoms with E-state index in [-0.39, 0.29) is 0 Å². The van der Waals surface area contributed by atoms with Crippen molar-refractivity contribution in [1.82, 2.24) is 0 Å². The Kier molecular flexibility index (Phi) is 2.82. The summed E-state index contributed by atoms with van der Waals surface area (Å²) in [5, 5.41) is 0. The summed E-state index contributed by atoms with van der Waals surface area (Å²) in [6.45, 7) is 0. The largest absolute Gasteiger partial charge is 0.368 e. The normalized spacial score (nSPS) is 25.7. The van der Waals surface area contributed by atoms with Crippen molar-refractivity contribution >= 4 is 31.9 Å². The summed E-state index contributed by atoms with van der Waals surface area (Å²) in [4.78, 5) is 0. The third kappa shape index (κ3) is 1.34. The topological polar surface area (TPSA) is 0 Å². The van der Waals surface area contributed by atoms with Gasteiger partial charge in [0.15, 0.2) is 5.83 Å². The molecule has 80 valence electrons. The second kappa shape index (κ2) is 3.26. The first kappa shape index (κ1) is 12.1. The van der Waals surface area contributed by atoms with Crippen molar-refractivity contribution in [3.8, 4) is 0 Å². The van der Waals surface area contributed by atoms with Crippen LogP contribution in [0.4, 0.5) is 26.3 Å². The highest BCUT2D eigenvalue weighted by molar-refractivity contribution is 9.14. The first-order valence-corrected chi connectivity index (χ1v) is 4.60. The zero-order valence-electron chi connectivity index (χ0n) is 6.02. The van der Waals surface area contributed by atoms with Gasteiger partial charge in [0.05, 0.1) is 8.96 Å². The summed E-state index contributed by atoms with van der Waals surface area (Å²) in [5.41, 5.74) is 0. The molecule has 0 amide bonds. The minimum Gasteiger partial charge on any atom is -0.203 e. The van der Waals surface area contributed by atoms with Crippen LogP contribution in [-0.2, 0) is 0 Å². The minimum absolute atomic E-state index is 1.05. The van der Waals surface area contributed by atoms with Crippen LogP contribution < -0.4 is 0 Å². The maximum Gasteiger partial charge on any atom is 0.368 e. The summed E-state index contributed by atoms with van der Waals surface area (Å²) >= 11 is 4.31. The van der Waals surface area contributed by atoms with E-state index >= 15 is 0 Å². The average Bonchev–Trinajstić information content (AvgIpc) is 2.10. The van der Waals surface area contributed by atoms with Crippen LogP contribution >= 0.6 is 31.9 Å². The highest BCUT2D eigenvalue weighted by atomic mass is 79.9. The first-order chi connectivity index (χ1) is 6.14. The van der Waals surface area contributed by atoms with Crippen LogP contribution in [0.2, 0.25) is 0 Å². The number of alkyl halides is 4. The van der Waals surface area contributed by atoms with Crippen LogP contribution in [0.25, 0.3) is 0 Å². The van der Waals surface area contributed by atoms with Crippen molar-refractivity contribution in [2.75, 3.05) is 0 Å². The molecular weight excluding hydrogens is 346 g/mol.